The molecule has 0 spiro atoms. The fourth-order valence-electron chi connectivity index (χ4n) is 2.86. The maximum absolute atomic E-state index is 11.9. The predicted octanol–water partition coefficient (Wildman–Crippen LogP) is 2.22. The molecule has 2 unspecified atom stereocenters. The molecule has 1 aliphatic carbocycles. The Bertz CT molecular complexity index is 665. The van der Waals surface area contributed by atoms with Crippen molar-refractivity contribution in [2.45, 2.75) is 38.6 Å². The second kappa shape index (κ2) is 8.71. The van der Waals surface area contributed by atoms with Crippen molar-refractivity contribution in [3.05, 3.63) is 28.8 Å². The Morgan fingerprint density at radius 1 is 1.28 bits per heavy atom. The van der Waals surface area contributed by atoms with Crippen LogP contribution in [0, 0.1) is 5.92 Å². The molecule has 2 atom stereocenters. The van der Waals surface area contributed by atoms with E-state index in [1.807, 2.05) is 0 Å². The minimum atomic E-state index is -0.698. The highest BCUT2D eigenvalue weighted by Crippen LogP contribution is 2.24. The molecule has 0 saturated heterocycles. The van der Waals surface area contributed by atoms with Gasteiger partial charge < -0.3 is 15.8 Å². The number of benzene rings is 1. The molecule has 0 heterocycles. The molecule has 0 bridgehead atoms. The largest absolute Gasteiger partial charge is 0.483 e. The van der Waals surface area contributed by atoms with Crippen LogP contribution in [-0.2, 0) is 4.79 Å². The van der Waals surface area contributed by atoms with E-state index in [0.717, 1.165) is 25.7 Å². The molecule has 4 N–H and O–H groups in total. The molecule has 1 aromatic carbocycles. The number of urea groups is 1. The smallest absolute Gasteiger partial charge is 0.321 e. The number of hydrogen-bond donors (Lipinski definition) is 3. The van der Waals surface area contributed by atoms with Gasteiger partial charge >= 0.3 is 6.03 Å². The summed E-state index contributed by atoms with van der Waals surface area (Å²) in [5.74, 6) is -0.848. The van der Waals surface area contributed by atoms with Crippen LogP contribution in [0.4, 0.5) is 4.79 Å². The first-order valence-corrected chi connectivity index (χ1v) is 8.57. The Morgan fingerprint density at radius 3 is 2.68 bits per heavy atom. The van der Waals surface area contributed by atoms with E-state index < -0.39 is 24.5 Å². The molecule has 0 radical (unpaired) electrons. The average molecular weight is 368 g/mol. The molecule has 1 aliphatic rings. The van der Waals surface area contributed by atoms with Crippen LogP contribution < -0.4 is 21.1 Å². The van der Waals surface area contributed by atoms with Gasteiger partial charge in [-0.25, -0.2) is 4.79 Å². The Labute approximate surface area is 151 Å². The minimum absolute atomic E-state index is 0.0665. The number of nitrogens with two attached hydrogens (primary N) is 1. The van der Waals surface area contributed by atoms with E-state index in [9.17, 15) is 14.4 Å². The predicted molar refractivity (Wildman–Crippen MR) is 93.6 cm³/mol. The third-order valence-corrected chi connectivity index (χ3v) is 4.48. The van der Waals surface area contributed by atoms with Crippen molar-refractivity contribution in [1.29, 1.82) is 0 Å². The van der Waals surface area contributed by atoms with E-state index in [4.69, 9.17) is 22.1 Å². The third kappa shape index (κ3) is 5.63. The van der Waals surface area contributed by atoms with Gasteiger partial charge in [-0.1, -0.05) is 31.4 Å². The van der Waals surface area contributed by atoms with E-state index in [-0.39, 0.29) is 17.4 Å². The first-order valence-electron chi connectivity index (χ1n) is 8.19. The Balaban J connectivity index is 1.85. The summed E-state index contributed by atoms with van der Waals surface area (Å²) in [5.41, 5.74) is 5.35. The first-order chi connectivity index (χ1) is 11.9. The number of carbonyl (C=O) groups is 3. The lowest BCUT2D eigenvalue weighted by Crippen LogP contribution is -2.48. The van der Waals surface area contributed by atoms with Crippen molar-refractivity contribution in [1.82, 2.24) is 10.6 Å². The van der Waals surface area contributed by atoms with Gasteiger partial charge in [0.1, 0.15) is 5.75 Å². The van der Waals surface area contributed by atoms with Crippen molar-refractivity contribution >= 4 is 29.4 Å². The van der Waals surface area contributed by atoms with E-state index in [1.165, 1.54) is 18.2 Å². The molecule has 1 aromatic rings. The summed E-state index contributed by atoms with van der Waals surface area (Å²) < 4.78 is 5.28. The van der Waals surface area contributed by atoms with Crippen LogP contribution in [0.5, 0.6) is 5.75 Å². The molecule has 25 heavy (non-hydrogen) atoms. The number of hydrogen-bond acceptors (Lipinski definition) is 4. The zero-order chi connectivity index (χ0) is 18.4. The number of amides is 4. The number of imide groups is 1. The van der Waals surface area contributed by atoms with E-state index in [1.54, 1.807) is 0 Å². The van der Waals surface area contributed by atoms with Gasteiger partial charge in [0.15, 0.2) is 6.61 Å². The number of primary amides is 1. The molecule has 0 aliphatic heterocycles. The van der Waals surface area contributed by atoms with Gasteiger partial charge in [-0.15, -0.1) is 0 Å². The zero-order valence-corrected chi connectivity index (χ0v) is 14.8. The average Bonchev–Trinajstić information content (AvgIpc) is 2.55. The lowest BCUT2D eigenvalue weighted by Gasteiger charge is -2.29. The van der Waals surface area contributed by atoms with Crippen molar-refractivity contribution in [3.63, 3.8) is 0 Å². The summed E-state index contributed by atoms with van der Waals surface area (Å²) in [6.45, 7) is 1.65. The Kier molecular flexibility index (Phi) is 6.64. The van der Waals surface area contributed by atoms with Crippen molar-refractivity contribution in [2.24, 2.45) is 11.7 Å². The first kappa shape index (κ1) is 19.1. The highest BCUT2D eigenvalue weighted by atomic mass is 35.5. The molecule has 0 aromatic heterocycles. The van der Waals surface area contributed by atoms with Crippen molar-refractivity contribution in [3.8, 4) is 5.75 Å². The molecular weight excluding hydrogens is 346 g/mol. The van der Waals surface area contributed by atoms with Crippen LogP contribution in [0.15, 0.2) is 18.2 Å². The number of carbonyl (C=O) groups excluding carboxylic acids is 3. The summed E-state index contributed by atoms with van der Waals surface area (Å²) in [7, 11) is 0. The van der Waals surface area contributed by atoms with Crippen molar-refractivity contribution < 1.29 is 19.1 Å². The summed E-state index contributed by atoms with van der Waals surface area (Å²) in [6.07, 6.45) is 4.20. The number of rotatable bonds is 5. The maximum Gasteiger partial charge on any atom is 0.321 e. The second-order valence-corrected chi connectivity index (χ2v) is 6.62. The number of halogens is 1. The molecular formula is C17H22ClN3O4. The van der Waals surface area contributed by atoms with Crippen LogP contribution in [0.25, 0.3) is 0 Å². The summed E-state index contributed by atoms with van der Waals surface area (Å²) >= 11 is 5.85. The topological polar surface area (TPSA) is 111 Å². The van der Waals surface area contributed by atoms with E-state index in [2.05, 4.69) is 17.6 Å². The third-order valence-electron chi connectivity index (χ3n) is 4.25. The van der Waals surface area contributed by atoms with Gasteiger partial charge in [0.05, 0.1) is 5.56 Å². The van der Waals surface area contributed by atoms with Gasteiger partial charge in [-0.2, -0.15) is 0 Å². The zero-order valence-electron chi connectivity index (χ0n) is 14.0. The quantitative estimate of drug-likeness (QED) is 0.740. The molecule has 7 nitrogen and oxygen atoms in total. The molecule has 2 rings (SSSR count). The van der Waals surface area contributed by atoms with Gasteiger partial charge in [0.25, 0.3) is 11.8 Å². The standard InChI is InChI=1S/C17H22ClN3O4/c1-10-4-2-3-5-13(10)20-17(24)21-15(22)9-25-14-8-11(18)6-7-12(14)16(19)23/h6-8,10,13H,2-5,9H2,1H3,(H2,19,23)(H2,20,21,22,24). The SMILES string of the molecule is CC1CCCCC1NC(=O)NC(=O)COc1cc(Cl)ccc1C(N)=O. The fraction of sp³-hybridized carbons (Fsp3) is 0.471. The number of nitrogens with one attached hydrogen (secondary N) is 2. The maximum atomic E-state index is 11.9. The lowest BCUT2D eigenvalue weighted by molar-refractivity contribution is -0.122. The van der Waals surface area contributed by atoms with Gasteiger partial charge in [0.2, 0.25) is 0 Å². The van der Waals surface area contributed by atoms with Crippen LogP contribution in [-0.4, -0.2) is 30.5 Å². The molecule has 1 saturated carbocycles. The van der Waals surface area contributed by atoms with Gasteiger partial charge in [-0.3, -0.25) is 14.9 Å². The van der Waals surface area contributed by atoms with E-state index in [0.29, 0.717) is 10.9 Å². The highest BCUT2D eigenvalue weighted by Gasteiger charge is 2.23. The van der Waals surface area contributed by atoms with Crippen LogP contribution in [0.2, 0.25) is 5.02 Å². The van der Waals surface area contributed by atoms with Crippen LogP contribution >= 0.6 is 11.6 Å². The molecule has 1 fully saturated rings. The Morgan fingerprint density at radius 2 is 2.00 bits per heavy atom. The van der Waals surface area contributed by atoms with E-state index >= 15 is 0 Å². The molecule has 4 amide bonds. The minimum Gasteiger partial charge on any atom is -0.483 e. The summed E-state index contributed by atoms with van der Waals surface area (Å²) in [4.78, 5) is 35.1. The summed E-state index contributed by atoms with van der Waals surface area (Å²) in [5, 5.41) is 5.37. The number of ether oxygens (including phenoxy) is 1. The van der Waals surface area contributed by atoms with Gasteiger partial charge in [0, 0.05) is 11.1 Å². The monoisotopic (exact) mass is 367 g/mol. The molecule has 8 heteroatoms. The van der Waals surface area contributed by atoms with Crippen LogP contribution in [0.1, 0.15) is 43.0 Å². The van der Waals surface area contributed by atoms with Gasteiger partial charge in [-0.05, 0) is 37.0 Å². The van der Waals surface area contributed by atoms with Crippen LogP contribution in [0.3, 0.4) is 0 Å². The normalized spacial score (nSPS) is 19.8. The lowest BCUT2D eigenvalue weighted by atomic mass is 9.86. The highest BCUT2D eigenvalue weighted by molar-refractivity contribution is 6.30. The fourth-order valence-corrected chi connectivity index (χ4v) is 3.02. The molecule has 136 valence electrons. The Hall–Kier alpha value is -2.28. The van der Waals surface area contributed by atoms with Crippen molar-refractivity contribution in [2.75, 3.05) is 6.61 Å². The summed E-state index contributed by atoms with van der Waals surface area (Å²) in [6, 6.07) is 3.81. The second-order valence-electron chi connectivity index (χ2n) is 6.18.